The van der Waals surface area contributed by atoms with Crippen molar-refractivity contribution in [3.8, 4) is 5.75 Å². The third-order valence-corrected chi connectivity index (χ3v) is 6.20. The van der Waals surface area contributed by atoms with Gasteiger partial charge >= 0.3 is 0 Å². The minimum absolute atomic E-state index is 0.155. The first-order chi connectivity index (χ1) is 16.2. The van der Waals surface area contributed by atoms with Crippen molar-refractivity contribution in [2.75, 3.05) is 6.61 Å². The third kappa shape index (κ3) is 5.16. The predicted octanol–water partition coefficient (Wildman–Crippen LogP) is 6.35. The van der Waals surface area contributed by atoms with Gasteiger partial charge in [-0.05, 0) is 58.4 Å². The number of nitrogens with one attached hydrogen (secondary N) is 1. The summed E-state index contributed by atoms with van der Waals surface area (Å²) >= 11 is 1.34. The summed E-state index contributed by atoms with van der Waals surface area (Å²) in [5.74, 6) is 0.608. The van der Waals surface area contributed by atoms with Crippen molar-refractivity contribution in [1.29, 1.82) is 0 Å². The number of nitrogens with zero attached hydrogens (tertiary/aromatic N) is 1. The first-order valence-electron chi connectivity index (χ1n) is 10.8. The van der Waals surface area contributed by atoms with Crippen molar-refractivity contribution in [3.63, 3.8) is 0 Å². The van der Waals surface area contributed by atoms with Gasteiger partial charge in [-0.1, -0.05) is 72.8 Å². The zero-order valence-corrected chi connectivity index (χ0v) is 18.7. The number of amides is 1. The second-order valence-corrected chi connectivity index (χ2v) is 8.67. The zero-order chi connectivity index (χ0) is 22.5. The topological polar surface area (TPSA) is 50.7 Å². The molecule has 4 aromatic carbocycles. The highest BCUT2D eigenvalue weighted by molar-refractivity contribution is 8.18. The van der Waals surface area contributed by atoms with Crippen LogP contribution in [0.4, 0.5) is 5.69 Å². The van der Waals surface area contributed by atoms with Gasteiger partial charge in [0.05, 0.1) is 17.2 Å². The molecule has 0 unspecified atom stereocenters. The van der Waals surface area contributed by atoms with E-state index in [-0.39, 0.29) is 5.91 Å². The van der Waals surface area contributed by atoms with Crippen LogP contribution in [0.2, 0.25) is 0 Å². The van der Waals surface area contributed by atoms with Gasteiger partial charge in [0.15, 0.2) is 5.17 Å². The molecular formula is C28H22N2O2S. The van der Waals surface area contributed by atoms with Crippen molar-refractivity contribution >= 4 is 45.4 Å². The molecule has 162 valence electrons. The second kappa shape index (κ2) is 9.76. The van der Waals surface area contributed by atoms with Gasteiger partial charge < -0.3 is 10.1 Å². The Bertz CT molecular complexity index is 1350. The number of carbonyl (C=O) groups is 1. The minimum Gasteiger partial charge on any atom is -0.493 e. The number of aliphatic imine (C=N–C) groups is 1. The molecule has 1 heterocycles. The summed E-state index contributed by atoms with van der Waals surface area (Å²) in [4.78, 5) is 17.8. The third-order valence-electron chi connectivity index (χ3n) is 5.29. The Morgan fingerprint density at radius 1 is 0.848 bits per heavy atom. The zero-order valence-electron chi connectivity index (χ0n) is 17.9. The average Bonchev–Trinajstić information content (AvgIpc) is 3.19. The summed E-state index contributed by atoms with van der Waals surface area (Å²) in [6, 6.07) is 32.1. The lowest BCUT2D eigenvalue weighted by Gasteiger charge is -2.12. The molecule has 0 radical (unpaired) electrons. The number of carbonyl (C=O) groups excluding carboxylic acids is 1. The fourth-order valence-electron chi connectivity index (χ4n) is 3.64. The van der Waals surface area contributed by atoms with Gasteiger partial charge in [0, 0.05) is 12.0 Å². The molecule has 0 atom stereocenters. The highest BCUT2D eigenvalue weighted by atomic mass is 32.2. The molecule has 0 saturated carbocycles. The lowest BCUT2D eigenvalue weighted by Crippen LogP contribution is -2.19. The molecule has 5 rings (SSSR count). The average molecular weight is 451 g/mol. The van der Waals surface area contributed by atoms with E-state index in [1.807, 2.05) is 72.8 Å². The fourth-order valence-corrected chi connectivity index (χ4v) is 4.47. The van der Waals surface area contributed by atoms with Crippen LogP contribution in [0, 0.1) is 0 Å². The first-order valence-corrected chi connectivity index (χ1v) is 11.6. The number of hydrogen-bond acceptors (Lipinski definition) is 4. The Hall–Kier alpha value is -3.83. The minimum atomic E-state index is -0.155. The van der Waals surface area contributed by atoms with E-state index in [1.54, 1.807) is 0 Å². The number of hydrogen-bond donors (Lipinski definition) is 1. The maximum atomic E-state index is 12.6. The number of benzene rings is 4. The number of ether oxygens (including phenoxy) is 1. The molecule has 5 heteroatoms. The van der Waals surface area contributed by atoms with Crippen LogP contribution in [0.1, 0.15) is 11.1 Å². The fraction of sp³-hybridized carbons (Fsp3) is 0.0714. The van der Waals surface area contributed by atoms with E-state index < -0.39 is 0 Å². The van der Waals surface area contributed by atoms with E-state index in [0.717, 1.165) is 34.2 Å². The van der Waals surface area contributed by atoms with Crippen LogP contribution < -0.4 is 10.1 Å². The van der Waals surface area contributed by atoms with E-state index in [4.69, 9.17) is 4.74 Å². The van der Waals surface area contributed by atoms with Crippen LogP contribution in [0.3, 0.4) is 0 Å². The van der Waals surface area contributed by atoms with Crippen molar-refractivity contribution in [1.82, 2.24) is 5.32 Å². The molecule has 0 aliphatic carbocycles. The Morgan fingerprint density at radius 3 is 2.27 bits per heavy atom. The van der Waals surface area contributed by atoms with Gasteiger partial charge in [-0.15, -0.1) is 0 Å². The van der Waals surface area contributed by atoms with E-state index >= 15 is 0 Å². The van der Waals surface area contributed by atoms with Crippen LogP contribution in [-0.2, 0) is 11.2 Å². The van der Waals surface area contributed by atoms with Gasteiger partial charge in [0.1, 0.15) is 5.75 Å². The quantitative estimate of drug-likeness (QED) is 0.348. The normalized spacial score (nSPS) is 15.8. The lowest BCUT2D eigenvalue weighted by molar-refractivity contribution is -0.115. The van der Waals surface area contributed by atoms with E-state index in [9.17, 15) is 4.79 Å². The SMILES string of the molecule is O=C1NC(=Nc2ccccc2)S/C1=C/c1cc2ccccc2cc1OCCc1ccccc1. The Balaban J connectivity index is 1.42. The summed E-state index contributed by atoms with van der Waals surface area (Å²) in [6.45, 7) is 0.554. The van der Waals surface area contributed by atoms with Gasteiger partial charge in [-0.3, -0.25) is 4.79 Å². The molecule has 1 aliphatic rings. The van der Waals surface area contributed by atoms with Gasteiger partial charge in [-0.2, -0.15) is 0 Å². The van der Waals surface area contributed by atoms with Crippen molar-refractivity contribution in [3.05, 3.63) is 113 Å². The first kappa shape index (κ1) is 21.0. The number of fused-ring (bicyclic) bond motifs is 1. The molecule has 4 aromatic rings. The Morgan fingerprint density at radius 2 is 1.52 bits per heavy atom. The molecule has 0 aromatic heterocycles. The van der Waals surface area contributed by atoms with Gasteiger partial charge in [-0.25, -0.2) is 4.99 Å². The summed E-state index contributed by atoms with van der Waals surface area (Å²) in [5.41, 5.74) is 2.91. The Labute approximate surface area is 197 Å². The van der Waals surface area contributed by atoms with E-state index in [2.05, 4.69) is 40.6 Å². The summed E-state index contributed by atoms with van der Waals surface area (Å²) in [5, 5.41) is 5.63. The summed E-state index contributed by atoms with van der Waals surface area (Å²) in [6.07, 6.45) is 2.70. The molecule has 33 heavy (non-hydrogen) atoms. The van der Waals surface area contributed by atoms with Crippen LogP contribution in [0.15, 0.2) is 107 Å². The predicted molar refractivity (Wildman–Crippen MR) is 137 cm³/mol. The molecule has 0 bridgehead atoms. The molecule has 0 spiro atoms. The standard InChI is InChI=1S/C28H22N2O2S/c31-27-26(33-28(30-27)29-24-13-5-2-6-14-24)19-23-17-21-11-7-8-12-22(21)18-25(23)32-16-15-20-9-3-1-4-10-20/h1-14,17-19H,15-16H2,(H,29,30,31)/b26-19+. The molecule has 1 aliphatic heterocycles. The number of amidine groups is 1. The molecule has 1 N–H and O–H groups in total. The second-order valence-electron chi connectivity index (χ2n) is 7.64. The smallest absolute Gasteiger partial charge is 0.264 e. The number of thioether (sulfide) groups is 1. The van der Waals surface area contributed by atoms with E-state index in [1.165, 1.54) is 17.3 Å². The van der Waals surface area contributed by atoms with Gasteiger partial charge in [0.25, 0.3) is 5.91 Å². The summed E-state index contributed by atoms with van der Waals surface area (Å²) < 4.78 is 6.20. The van der Waals surface area contributed by atoms with Crippen molar-refractivity contribution in [2.24, 2.45) is 4.99 Å². The van der Waals surface area contributed by atoms with Gasteiger partial charge in [0.2, 0.25) is 0 Å². The molecular weight excluding hydrogens is 428 g/mol. The largest absolute Gasteiger partial charge is 0.493 e. The number of para-hydroxylation sites is 1. The molecule has 1 fully saturated rings. The number of rotatable bonds is 6. The summed E-state index contributed by atoms with van der Waals surface area (Å²) in [7, 11) is 0. The molecule has 4 nitrogen and oxygen atoms in total. The highest BCUT2D eigenvalue weighted by Gasteiger charge is 2.24. The molecule has 1 amide bonds. The van der Waals surface area contributed by atoms with Crippen molar-refractivity contribution in [2.45, 2.75) is 6.42 Å². The van der Waals surface area contributed by atoms with Crippen LogP contribution in [0.25, 0.3) is 16.8 Å². The Kier molecular flexibility index (Phi) is 6.22. The van der Waals surface area contributed by atoms with E-state index in [0.29, 0.717) is 16.7 Å². The highest BCUT2D eigenvalue weighted by Crippen LogP contribution is 2.33. The van der Waals surface area contributed by atoms with Crippen molar-refractivity contribution < 1.29 is 9.53 Å². The maximum absolute atomic E-state index is 12.6. The monoisotopic (exact) mass is 450 g/mol. The molecule has 1 saturated heterocycles. The van der Waals surface area contributed by atoms with Crippen LogP contribution in [0.5, 0.6) is 5.75 Å². The lowest BCUT2D eigenvalue weighted by atomic mass is 10.1. The van der Waals surface area contributed by atoms with Crippen LogP contribution >= 0.6 is 11.8 Å². The maximum Gasteiger partial charge on any atom is 0.264 e. The van der Waals surface area contributed by atoms with Crippen LogP contribution in [-0.4, -0.2) is 17.7 Å².